The van der Waals surface area contributed by atoms with Crippen molar-refractivity contribution in [2.45, 2.75) is 104 Å². The zero-order valence-corrected chi connectivity index (χ0v) is 19.1. The molecule has 6 nitrogen and oxygen atoms in total. The van der Waals surface area contributed by atoms with Crippen LogP contribution >= 0.6 is 0 Å². The summed E-state index contributed by atoms with van der Waals surface area (Å²) in [5, 5.41) is 15.5. The summed E-state index contributed by atoms with van der Waals surface area (Å²) in [4.78, 5) is 14.0. The Labute approximate surface area is 181 Å². The predicted octanol–water partition coefficient (Wildman–Crippen LogP) is 5.90. The number of aromatic nitrogens is 4. The molecule has 0 spiro atoms. The van der Waals surface area contributed by atoms with E-state index in [0.29, 0.717) is 11.7 Å². The number of carbonyl (C=O) groups is 1. The van der Waals surface area contributed by atoms with Crippen molar-refractivity contribution < 1.29 is 4.79 Å². The summed E-state index contributed by atoms with van der Waals surface area (Å²) in [5.74, 6) is 0.713. The third kappa shape index (κ3) is 9.06. The number of anilines is 1. The van der Waals surface area contributed by atoms with E-state index in [1.54, 1.807) is 4.80 Å². The minimum absolute atomic E-state index is 0.110. The van der Waals surface area contributed by atoms with Crippen LogP contribution in [0.3, 0.4) is 0 Å². The van der Waals surface area contributed by atoms with Crippen molar-refractivity contribution in [3.63, 3.8) is 0 Å². The number of unbranched alkanes of at least 4 members (excludes halogenated alkanes) is 9. The van der Waals surface area contributed by atoms with Gasteiger partial charge in [-0.15, -0.1) is 10.2 Å². The van der Waals surface area contributed by atoms with Crippen LogP contribution in [0.4, 0.5) is 5.69 Å². The Balaban J connectivity index is 1.63. The summed E-state index contributed by atoms with van der Waals surface area (Å²) in [6.45, 7) is 7.26. The molecule has 1 heterocycles. The summed E-state index contributed by atoms with van der Waals surface area (Å²) in [6.07, 6.45) is 13.2. The van der Waals surface area contributed by atoms with E-state index in [0.717, 1.165) is 24.2 Å². The van der Waals surface area contributed by atoms with Crippen LogP contribution in [0.5, 0.6) is 0 Å². The first kappa shape index (κ1) is 24.0. The largest absolute Gasteiger partial charge is 0.325 e. The molecular formula is C24H39N5O. The molecule has 30 heavy (non-hydrogen) atoms. The fourth-order valence-corrected chi connectivity index (χ4v) is 3.63. The molecule has 0 aliphatic heterocycles. The van der Waals surface area contributed by atoms with Gasteiger partial charge in [0.05, 0.1) is 13.0 Å². The van der Waals surface area contributed by atoms with E-state index in [1.165, 1.54) is 57.8 Å². The van der Waals surface area contributed by atoms with Crippen LogP contribution in [0.1, 0.15) is 102 Å². The van der Waals surface area contributed by atoms with Crippen LogP contribution in [0.25, 0.3) is 0 Å². The maximum Gasteiger partial charge on any atom is 0.232 e. The molecule has 2 aromatic rings. The van der Waals surface area contributed by atoms with Gasteiger partial charge in [0.25, 0.3) is 0 Å². The fraction of sp³-hybridized carbons (Fsp3) is 0.667. The minimum atomic E-state index is -0.110. The van der Waals surface area contributed by atoms with Crippen molar-refractivity contribution in [3.05, 3.63) is 35.7 Å². The first-order valence-electron chi connectivity index (χ1n) is 11.8. The second-order valence-electron chi connectivity index (χ2n) is 8.45. The Hall–Kier alpha value is -2.24. The van der Waals surface area contributed by atoms with Gasteiger partial charge in [-0.1, -0.05) is 96.8 Å². The van der Waals surface area contributed by atoms with Gasteiger partial charge in [-0.2, -0.15) is 4.80 Å². The van der Waals surface area contributed by atoms with E-state index in [2.05, 4.69) is 41.5 Å². The van der Waals surface area contributed by atoms with Gasteiger partial charge in [0.15, 0.2) is 5.82 Å². The number of aryl methyl sites for hydroxylation is 1. The Bertz CT molecular complexity index is 741. The summed E-state index contributed by atoms with van der Waals surface area (Å²) >= 11 is 0. The molecule has 0 bridgehead atoms. The molecule has 0 fully saturated rings. The average Bonchev–Trinajstić information content (AvgIpc) is 3.16. The minimum Gasteiger partial charge on any atom is -0.325 e. The maximum absolute atomic E-state index is 12.4. The smallest absolute Gasteiger partial charge is 0.232 e. The zero-order valence-electron chi connectivity index (χ0n) is 19.1. The summed E-state index contributed by atoms with van der Waals surface area (Å²) < 4.78 is 0. The van der Waals surface area contributed by atoms with Gasteiger partial charge in [0, 0.05) is 5.69 Å². The molecule has 1 amide bonds. The molecule has 0 saturated carbocycles. The number of nitrogens with zero attached hydrogens (tertiary/aromatic N) is 4. The average molecular weight is 414 g/mol. The van der Waals surface area contributed by atoms with E-state index >= 15 is 0 Å². The van der Waals surface area contributed by atoms with Crippen molar-refractivity contribution in [1.82, 2.24) is 20.2 Å². The van der Waals surface area contributed by atoms with Crippen molar-refractivity contribution in [1.29, 1.82) is 0 Å². The second-order valence-corrected chi connectivity index (χ2v) is 8.45. The molecule has 0 saturated heterocycles. The van der Waals surface area contributed by atoms with E-state index in [-0.39, 0.29) is 12.3 Å². The van der Waals surface area contributed by atoms with Gasteiger partial charge in [0.2, 0.25) is 5.91 Å². The number of benzene rings is 1. The van der Waals surface area contributed by atoms with Crippen LogP contribution in [-0.2, 0) is 17.8 Å². The highest BCUT2D eigenvalue weighted by Crippen LogP contribution is 2.23. The van der Waals surface area contributed by atoms with E-state index in [9.17, 15) is 4.79 Å². The third-order valence-corrected chi connectivity index (χ3v) is 5.38. The SMILES string of the molecule is CCCCCCCCCCCCn1nnc(CC(=O)Nc2ccccc2C(C)C)n1. The molecule has 0 unspecified atom stereocenters. The molecule has 1 aromatic heterocycles. The Kier molecular flexibility index (Phi) is 11.1. The monoisotopic (exact) mass is 413 g/mol. The molecule has 0 aliphatic rings. The fourth-order valence-electron chi connectivity index (χ4n) is 3.63. The van der Waals surface area contributed by atoms with Crippen LogP contribution in [0.2, 0.25) is 0 Å². The number of hydrogen-bond acceptors (Lipinski definition) is 4. The lowest BCUT2D eigenvalue weighted by molar-refractivity contribution is -0.115. The highest BCUT2D eigenvalue weighted by molar-refractivity contribution is 5.92. The van der Waals surface area contributed by atoms with E-state index < -0.39 is 0 Å². The summed E-state index contributed by atoms with van der Waals surface area (Å²) in [7, 11) is 0. The van der Waals surface area contributed by atoms with Crippen LogP contribution in [0, 0.1) is 0 Å². The first-order chi connectivity index (χ1) is 14.6. The standard InChI is InChI=1S/C24H39N5O/c1-4-5-6-7-8-9-10-11-12-15-18-29-27-23(26-28-29)19-24(30)25-22-17-14-13-16-21(22)20(2)3/h13-14,16-17,20H,4-12,15,18-19H2,1-3H3,(H,25,30). The molecular weight excluding hydrogens is 374 g/mol. The third-order valence-electron chi connectivity index (χ3n) is 5.38. The van der Waals surface area contributed by atoms with Gasteiger partial charge in [-0.25, -0.2) is 0 Å². The molecule has 6 heteroatoms. The maximum atomic E-state index is 12.4. The normalized spacial score (nSPS) is 11.2. The quantitative estimate of drug-likeness (QED) is 0.369. The number of nitrogens with one attached hydrogen (secondary N) is 1. The van der Waals surface area contributed by atoms with Crippen molar-refractivity contribution in [2.75, 3.05) is 5.32 Å². The topological polar surface area (TPSA) is 72.7 Å². The highest BCUT2D eigenvalue weighted by Gasteiger charge is 2.12. The number of amides is 1. The van der Waals surface area contributed by atoms with Gasteiger partial charge < -0.3 is 5.32 Å². The molecule has 1 aromatic carbocycles. The lowest BCUT2D eigenvalue weighted by Gasteiger charge is -2.13. The zero-order chi connectivity index (χ0) is 21.6. The van der Waals surface area contributed by atoms with Crippen LogP contribution in [-0.4, -0.2) is 26.1 Å². The number of rotatable bonds is 15. The van der Waals surface area contributed by atoms with E-state index in [4.69, 9.17) is 0 Å². The van der Waals surface area contributed by atoms with Crippen LogP contribution < -0.4 is 5.32 Å². The van der Waals surface area contributed by atoms with Crippen molar-refractivity contribution in [3.8, 4) is 0 Å². The summed E-state index contributed by atoms with van der Waals surface area (Å²) in [5.41, 5.74) is 1.98. The summed E-state index contributed by atoms with van der Waals surface area (Å²) in [6, 6.07) is 7.90. The Morgan fingerprint density at radius 1 is 0.967 bits per heavy atom. The van der Waals surface area contributed by atoms with Gasteiger partial charge >= 0.3 is 0 Å². The Morgan fingerprint density at radius 3 is 2.27 bits per heavy atom. The lowest BCUT2D eigenvalue weighted by atomic mass is 10.0. The molecule has 1 N–H and O–H groups in total. The highest BCUT2D eigenvalue weighted by atomic mass is 16.1. The molecule has 166 valence electrons. The number of para-hydroxylation sites is 1. The first-order valence-corrected chi connectivity index (χ1v) is 11.8. The number of tetrazole rings is 1. The molecule has 0 atom stereocenters. The van der Waals surface area contributed by atoms with Crippen LogP contribution in [0.15, 0.2) is 24.3 Å². The van der Waals surface area contributed by atoms with Crippen molar-refractivity contribution >= 4 is 11.6 Å². The second kappa shape index (κ2) is 13.9. The van der Waals surface area contributed by atoms with Crippen molar-refractivity contribution in [2.24, 2.45) is 0 Å². The Morgan fingerprint density at radius 2 is 1.60 bits per heavy atom. The lowest BCUT2D eigenvalue weighted by Crippen LogP contribution is -2.17. The van der Waals surface area contributed by atoms with E-state index in [1.807, 2.05) is 24.3 Å². The predicted molar refractivity (Wildman–Crippen MR) is 123 cm³/mol. The molecule has 2 rings (SSSR count). The van der Waals surface area contributed by atoms with Gasteiger partial charge in [-0.05, 0) is 29.2 Å². The van der Waals surface area contributed by atoms with Gasteiger partial charge in [0.1, 0.15) is 0 Å². The number of carbonyl (C=O) groups excluding carboxylic acids is 1. The molecule has 0 radical (unpaired) electrons. The number of hydrogen-bond donors (Lipinski definition) is 1. The van der Waals surface area contributed by atoms with Gasteiger partial charge in [-0.3, -0.25) is 4.79 Å². The molecule has 0 aliphatic carbocycles.